The molecule has 0 heterocycles. The van der Waals surface area contributed by atoms with Crippen LogP contribution >= 0.6 is 0 Å². The summed E-state index contributed by atoms with van der Waals surface area (Å²) in [5.41, 5.74) is 3.33. The topological polar surface area (TPSA) is 67.4 Å². The van der Waals surface area contributed by atoms with Gasteiger partial charge in [0, 0.05) is 18.2 Å². The molecule has 5 nitrogen and oxygen atoms in total. The maximum absolute atomic E-state index is 12.8. The van der Waals surface area contributed by atoms with Gasteiger partial charge in [-0.2, -0.15) is 0 Å². The number of hydrogen-bond acceptors (Lipinski definition) is 3. The molecule has 2 N–H and O–H groups in total. The van der Waals surface area contributed by atoms with Crippen LogP contribution in [0.4, 0.5) is 4.79 Å². The Kier molecular flexibility index (Phi) is 5.99. The summed E-state index contributed by atoms with van der Waals surface area (Å²) in [5.74, 6) is 0.288. The van der Waals surface area contributed by atoms with Gasteiger partial charge in [-0.25, -0.2) is 4.79 Å². The Morgan fingerprint density at radius 2 is 1.85 bits per heavy atom. The molecule has 0 spiro atoms. The van der Waals surface area contributed by atoms with E-state index in [4.69, 9.17) is 4.74 Å². The van der Waals surface area contributed by atoms with E-state index in [1.807, 2.05) is 18.2 Å². The van der Waals surface area contributed by atoms with E-state index in [1.165, 1.54) is 16.5 Å². The van der Waals surface area contributed by atoms with Crippen LogP contribution in [0.1, 0.15) is 48.7 Å². The second kappa shape index (κ2) is 8.42. The zero-order valence-corrected chi connectivity index (χ0v) is 16.3. The fraction of sp³-hybridized carbons (Fsp3) is 0.455. The molecule has 5 heteroatoms. The lowest BCUT2D eigenvalue weighted by Crippen LogP contribution is -2.44. The lowest BCUT2D eigenvalue weighted by atomic mass is 9.99. The molecule has 1 aliphatic carbocycles. The number of carbonyl (C=O) groups is 2. The largest absolute Gasteiger partial charge is 0.450 e. The Labute approximate surface area is 160 Å². The minimum atomic E-state index is -0.442. The van der Waals surface area contributed by atoms with Crippen molar-refractivity contribution in [1.29, 1.82) is 0 Å². The number of carbonyl (C=O) groups excluding carboxylic acids is 2. The second-order valence-electron chi connectivity index (χ2n) is 7.51. The molecule has 27 heavy (non-hydrogen) atoms. The van der Waals surface area contributed by atoms with E-state index in [9.17, 15) is 9.59 Å². The normalized spacial score (nSPS) is 13.6. The highest BCUT2D eigenvalue weighted by atomic mass is 16.5. The van der Waals surface area contributed by atoms with Gasteiger partial charge in [-0.1, -0.05) is 38.1 Å². The molecule has 144 valence electrons. The van der Waals surface area contributed by atoms with Crippen molar-refractivity contribution in [3.8, 4) is 0 Å². The van der Waals surface area contributed by atoms with Crippen molar-refractivity contribution in [3.05, 3.63) is 47.0 Å². The number of ether oxygens (including phenoxy) is 1. The summed E-state index contributed by atoms with van der Waals surface area (Å²) in [7, 11) is 0. The van der Waals surface area contributed by atoms with Crippen LogP contribution in [-0.2, 0) is 17.6 Å². The highest BCUT2D eigenvalue weighted by molar-refractivity contribution is 6.09. The van der Waals surface area contributed by atoms with E-state index in [0.717, 1.165) is 24.6 Å². The summed E-state index contributed by atoms with van der Waals surface area (Å²) in [4.78, 5) is 24.6. The Hall–Kier alpha value is -2.56. The quantitative estimate of drug-likeness (QED) is 0.780. The lowest BCUT2D eigenvalue weighted by Gasteiger charge is -2.21. The van der Waals surface area contributed by atoms with Crippen LogP contribution in [0.3, 0.4) is 0 Å². The van der Waals surface area contributed by atoms with Crippen molar-refractivity contribution in [3.63, 3.8) is 0 Å². The molecule has 0 bridgehead atoms. The van der Waals surface area contributed by atoms with Crippen molar-refractivity contribution in [2.24, 2.45) is 5.92 Å². The Bertz CT molecular complexity index is 835. The number of rotatable bonds is 7. The first-order valence-electron chi connectivity index (χ1n) is 9.74. The third kappa shape index (κ3) is 4.41. The molecule has 2 aromatic carbocycles. The molecular weight excluding hydrogens is 340 g/mol. The first-order valence-corrected chi connectivity index (χ1v) is 9.74. The van der Waals surface area contributed by atoms with Gasteiger partial charge in [-0.3, -0.25) is 4.79 Å². The van der Waals surface area contributed by atoms with Gasteiger partial charge in [0.05, 0.1) is 6.61 Å². The highest BCUT2D eigenvalue weighted by Gasteiger charge is 2.20. The summed E-state index contributed by atoms with van der Waals surface area (Å²) in [6.45, 7) is 6.65. The SMILES string of the molecule is CCOC(=O)NC(CNC(=O)c1ccc2c3c(cccc13)CC2)CC(C)C. The Morgan fingerprint density at radius 3 is 2.56 bits per heavy atom. The van der Waals surface area contributed by atoms with Gasteiger partial charge in [0.1, 0.15) is 0 Å². The lowest BCUT2D eigenvalue weighted by molar-refractivity contribution is 0.0946. The van der Waals surface area contributed by atoms with Crippen molar-refractivity contribution in [1.82, 2.24) is 10.6 Å². The van der Waals surface area contributed by atoms with Crippen molar-refractivity contribution >= 4 is 22.8 Å². The molecule has 0 radical (unpaired) electrons. The van der Waals surface area contributed by atoms with Gasteiger partial charge in [0.2, 0.25) is 0 Å². The van der Waals surface area contributed by atoms with E-state index in [1.54, 1.807) is 6.92 Å². The van der Waals surface area contributed by atoms with Crippen LogP contribution in [-0.4, -0.2) is 31.2 Å². The summed E-state index contributed by atoms with van der Waals surface area (Å²) >= 11 is 0. The summed E-state index contributed by atoms with van der Waals surface area (Å²) in [6, 6.07) is 10.00. The van der Waals surface area contributed by atoms with Gasteiger partial charge in [-0.05, 0) is 60.1 Å². The van der Waals surface area contributed by atoms with Crippen molar-refractivity contribution < 1.29 is 14.3 Å². The van der Waals surface area contributed by atoms with E-state index >= 15 is 0 Å². The van der Waals surface area contributed by atoms with Crippen molar-refractivity contribution in [2.45, 2.75) is 46.1 Å². The van der Waals surface area contributed by atoms with E-state index in [-0.39, 0.29) is 11.9 Å². The van der Waals surface area contributed by atoms with Gasteiger partial charge in [-0.15, -0.1) is 0 Å². The maximum atomic E-state index is 12.8. The second-order valence-corrected chi connectivity index (χ2v) is 7.51. The molecule has 1 unspecified atom stereocenters. The predicted molar refractivity (Wildman–Crippen MR) is 107 cm³/mol. The molecule has 0 aliphatic heterocycles. The molecule has 0 aromatic heterocycles. The van der Waals surface area contributed by atoms with Crippen LogP contribution in [0.25, 0.3) is 10.8 Å². The van der Waals surface area contributed by atoms with Crippen LogP contribution in [0.15, 0.2) is 30.3 Å². The number of alkyl carbamates (subject to hydrolysis) is 1. The predicted octanol–water partition coefficient (Wildman–Crippen LogP) is 3.83. The van der Waals surface area contributed by atoms with Crippen LogP contribution in [0.5, 0.6) is 0 Å². The average molecular weight is 368 g/mol. The highest BCUT2D eigenvalue weighted by Crippen LogP contribution is 2.32. The molecular formula is C22H28N2O3. The third-order valence-electron chi connectivity index (χ3n) is 4.98. The number of hydrogen-bond donors (Lipinski definition) is 2. The first-order chi connectivity index (χ1) is 13.0. The summed E-state index contributed by atoms with van der Waals surface area (Å²) in [6.07, 6.45) is 2.40. The molecule has 1 atom stereocenters. The van der Waals surface area contributed by atoms with Crippen LogP contribution in [0.2, 0.25) is 0 Å². The van der Waals surface area contributed by atoms with Crippen molar-refractivity contribution in [2.75, 3.05) is 13.2 Å². The zero-order chi connectivity index (χ0) is 19.4. The van der Waals surface area contributed by atoms with Gasteiger partial charge in [0.15, 0.2) is 0 Å². The summed E-state index contributed by atoms with van der Waals surface area (Å²) < 4.78 is 4.97. The standard InChI is InChI=1S/C22H28N2O3/c1-4-27-22(26)24-17(12-14(2)3)13-23-21(25)19-11-10-16-9-8-15-6-5-7-18(19)20(15)16/h5-7,10-11,14,17H,4,8-9,12-13H2,1-3H3,(H,23,25)(H,24,26). The Balaban J connectivity index is 1.73. The minimum Gasteiger partial charge on any atom is -0.450 e. The zero-order valence-electron chi connectivity index (χ0n) is 16.3. The molecule has 3 rings (SSSR count). The average Bonchev–Trinajstić information content (AvgIpc) is 3.04. The molecule has 1 aliphatic rings. The van der Waals surface area contributed by atoms with E-state index < -0.39 is 6.09 Å². The molecule has 2 aromatic rings. The van der Waals surface area contributed by atoms with Gasteiger partial charge >= 0.3 is 6.09 Å². The van der Waals surface area contributed by atoms with Crippen LogP contribution in [0, 0.1) is 5.92 Å². The maximum Gasteiger partial charge on any atom is 0.407 e. The van der Waals surface area contributed by atoms with E-state index in [2.05, 4.69) is 36.6 Å². The molecule has 0 saturated carbocycles. The fourth-order valence-electron chi connectivity index (χ4n) is 3.86. The number of aryl methyl sites for hydroxylation is 2. The van der Waals surface area contributed by atoms with Gasteiger partial charge < -0.3 is 15.4 Å². The monoisotopic (exact) mass is 368 g/mol. The summed E-state index contributed by atoms with van der Waals surface area (Å²) in [5, 5.41) is 8.08. The number of nitrogens with one attached hydrogen (secondary N) is 2. The minimum absolute atomic E-state index is 0.106. The molecule has 2 amide bonds. The Morgan fingerprint density at radius 1 is 1.11 bits per heavy atom. The molecule has 0 saturated heterocycles. The number of benzene rings is 2. The number of amides is 2. The first kappa shape index (κ1) is 19.2. The van der Waals surface area contributed by atoms with E-state index in [0.29, 0.717) is 24.6 Å². The van der Waals surface area contributed by atoms with Crippen LogP contribution < -0.4 is 10.6 Å². The smallest absolute Gasteiger partial charge is 0.407 e. The third-order valence-corrected chi connectivity index (χ3v) is 4.98. The van der Waals surface area contributed by atoms with Gasteiger partial charge in [0.25, 0.3) is 5.91 Å². The molecule has 0 fully saturated rings. The fourth-order valence-corrected chi connectivity index (χ4v) is 3.86.